The maximum absolute atomic E-state index is 6.32. The molecule has 5 nitrogen and oxygen atoms in total. The molecule has 0 fully saturated rings. The molecule has 0 aliphatic heterocycles. The predicted octanol–water partition coefficient (Wildman–Crippen LogP) is 2.20. The average molecular weight is 273 g/mol. The Labute approximate surface area is 119 Å². The van der Waals surface area contributed by atoms with Gasteiger partial charge < -0.3 is 17.2 Å². The lowest BCUT2D eigenvalue weighted by Crippen LogP contribution is -2.34. The van der Waals surface area contributed by atoms with Crippen LogP contribution in [-0.4, -0.2) is 16.5 Å². The van der Waals surface area contributed by atoms with Crippen molar-refractivity contribution in [3.8, 4) is 0 Å². The van der Waals surface area contributed by atoms with E-state index in [1.807, 2.05) is 12.1 Å². The van der Waals surface area contributed by atoms with Crippen molar-refractivity contribution in [3.63, 3.8) is 0 Å². The first-order valence-corrected chi connectivity index (χ1v) is 7.03. The maximum atomic E-state index is 6.32. The molecule has 0 saturated carbocycles. The van der Waals surface area contributed by atoms with Gasteiger partial charge >= 0.3 is 0 Å². The van der Waals surface area contributed by atoms with Gasteiger partial charge in [-0.25, -0.2) is 4.98 Å². The van der Waals surface area contributed by atoms with Crippen LogP contribution in [0.4, 0.5) is 11.5 Å². The Morgan fingerprint density at radius 1 is 1.30 bits per heavy atom. The molecule has 20 heavy (non-hydrogen) atoms. The van der Waals surface area contributed by atoms with Crippen molar-refractivity contribution in [2.45, 2.75) is 38.5 Å². The zero-order valence-corrected chi connectivity index (χ0v) is 12.2. The lowest BCUT2D eigenvalue weighted by molar-refractivity contribution is 0.429. The second-order valence-corrected chi connectivity index (χ2v) is 5.53. The summed E-state index contributed by atoms with van der Waals surface area (Å²) in [5.41, 5.74) is 21.1. The van der Waals surface area contributed by atoms with Gasteiger partial charge in [-0.05, 0) is 18.6 Å². The van der Waals surface area contributed by atoms with Crippen LogP contribution >= 0.6 is 0 Å². The largest absolute Gasteiger partial charge is 0.397 e. The van der Waals surface area contributed by atoms with Crippen LogP contribution in [0.15, 0.2) is 18.3 Å². The Morgan fingerprint density at radius 2 is 2.05 bits per heavy atom. The van der Waals surface area contributed by atoms with E-state index in [4.69, 9.17) is 17.2 Å². The smallest absolute Gasteiger partial charge is 0.130 e. The van der Waals surface area contributed by atoms with E-state index in [2.05, 4.69) is 23.8 Å². The van der Waals surface area contributed by atoms with Crippen LogP contribution in [0.5, 0.6) is 0 Å². The Balaban J connectivity index is 2.63. The summed E-state index contributed by atoms with van der Waals surface area (Å²) < 4.78 is 0. The summed E-state index contributed by atoms with van der Waals surface area (Å²) in [6.45, 7) is 4.74. The predicted molar refractivity (Wildman–Crippen MR) is 84.3 cm³/mol. The normalized spacial score (nSPS) is 14.3. The minimum Gasteiger partial charge on any atom is -0.397 e. The van der Waals surface area contributed by atoms with E-state index in [1.54, 1.807) is 6.20 Å². The van der Waals surface area contributed by atoms with Crippen molar-refractivity contribution in [1.29, 1.82) is 0 Å². The number of pyridine rings is 2. The van der Waals surface area contributed by atoms with Gasteiger partial charge in [-0.2, -0.15) is 0 Å². The molecule has 0 saturated heterocycles. The van der Waals surface area contributed by atoms with Crippen LogP contribution in [0.3, 0.4) is 0 Å². The standard InChI is InChI=1S/C15H23N5/c1-3-4-7-15(2,9-16)11-12(17)13-10(20-14(11)18)6-5-8-19-13/h5-6,8H,3-4,7,9,16H2,1-2H3,(H4,17,18,20). The van der Waals surface area contributed by atoms with Gasteiger partial charge in [0.05, 0.1) is 11.2 Å². The first kappa shape index (κ1) is 14.5. The van der Waals surface area contributed by atoms with Crippen molar-refractivity contribution in [2.75, 3.05) is 18.0 Å². The van der Waals surface area contributed by atoms with Gasteiger partial charge in [-0.3, -0.25) is 4.98 Å². The van der Waals surface area contributed by atoms with Gasteiger partial charge in [0.25, 0.3) is 0 Å². The molecule has 2 rings (SSSR count). The number of rotatable bonds is 5. The van der Waals surface area contributed by atoms with Gasteiger partial charge in [-0.1, -0.05) is 26.7 Å². The number of hydrogen-bond acceptors (Lipinski definition) is 5. The Kier molecular flexibility index (Phi) is 4.09. The molecule has 0 radical (unpaired) electrons. The van der Waals surface area contributed by atoms with Crippen molar-refractivity contribution < 1.29 is 0 Å². The highest BCUT2D eigenvalue weighted by molar-refractivity contribution is 5.91. The molecule has 108 valence electrons. The van der Waals surface area contributed by atoms with E-state index in [0.717, 1.165) is 30.3 Å². The summed E-state index contributed by atoms with van der Waals surface area (Å²) in [6.07, 6.45) is 4.84. The monoisotopic (exact) mass is 273 g/mol. The summed E-state index contributed by atoms with van der Waals surface area (Å²) in [6, 6.07) is 3.69. The van der Waals surface area contributed by atoms with Crippen molar-refractivity contribution in [3.05, 3.63) is 23.9 Å². The number of nitrogens with two attached hydrogens (primary N) is 3. The number of nitrogen functional groups attached to an aromatic ring is 2. The number of unbranched alkanes of at least 4 members (excludes halogenated alkanes) is 1. The third-order valence-corrected chi connectivity index (χ3v) is 3.94. The average Bonchev–Trinajstić information content (AvgIpc) is 2.45. The SMILES string of the molecule is CCCCC(C)(CN)c1c(N)nc2cccnc2c1N. The lowest BCUT2D eigenvalue weighted by Gasteiger charge is -2.31. The molecule has 0 spiro atoms. The molecule has 1 atom stereocenters. The third kappa shape index (κ3) is 2.41. The molecule has 0 aliphatic carbocycles. The minimum absolute atomic E-state index is 0.261. The Hall–Kier alpha value is -1.88. The number of hydrogen-bond donors (Lipinski definition) is 3. The fourth-order valence-corrected chi connectivity index (χ4v) is 2.67. The van der Waals surface area contributed by atoms with Crippen LogP contribution in [0.25, 0.3) is 11.0 Å². The highest BCUT2D eigenvalue weighted by Crippen LogP contribution is 2.38. The van der Waals surface area contributed by atoms with Gasteiger partial charge in [0.2, 0.25) is 0 Å². The van der Waals surface area contributed by atoms with Crippen LogP contribution in [0, 0.1) is 0 Å². The first-order chi connectivity index (χ1) is 9.53. The fraction of sp³-hybridized carbons (Fsp3) is 0.467. The van der Waals surface area contributed by atoms with Gasteiger partial charge in [0.1, 0.15) is 11.3 Å². The quantitative estimate of drug-likeness (QED) is 0.774. The van der Waals surface area contributed by atoms with Crippen LogP contribution in [-0.2, 0) is 5.41 Å². The van der Waals surface area contributed by atoms with Gasteiger partial charge in [0.15, 0.2) is 0 Å². The molecule has 6 N–H and O–H groups in total. The van der Waals surface area contributed by atoms with E-state index < -0.39 is 0 Å². The molecule has 2 heterocycles. The second kappa shape index (κ2) is 5.63. The molecular weight excluding hydrogens is 250 g/mol. The van der Waals surface area contributed by atoms with E-state index >= 15 is 0 Å². The maximum Gasteiger partial charge on any atom is 0.130 e. The minimum atomic E-state index is -0.261. The topological polar surface area (TPSA) is 104 Å². The van der Waals surface area contributed by atoms with E-state index in [-0.39, 0.29) is 5.41 Å². The van der Waals surface area contributed by atoms with Crippen LogP contribution in [0.1, 0.15) is 38.7 Å². The summed E-state index contributed by atoms with van der Waals surface area (Å²) in [7, 11) is 0. The fourth-order valence-electron chi connectivity index (χ4n) is 2.67. The lowest BCUT2D eigenvalue weighted by atomic mass is 9.77. The van der Waals surface area contributed by atoms with Crippen molar-refractivity contribution in [1.82, 2.24) is 9.97 Å². The summed E-state index contributed by atoms with van der Waals surface area (Å²) >= 11 is 0. The Bertz CT molecular complexity index is 610. The number of nitrogens with zero attached hydrogens (tertiary/aromatic N) is 2. The molecule has 0 bridgehead atoms. The first-order valence-electron chi connectivity index (χ1n) is 7.03. The highest BCUT2D eigenvalue weighted by atomic mass is 14.9. The van der Waals surface area contributed by atoms with Crippen LogP contribution in [0.2, 0.25) is 0 Å². The summed E-state index contributed by atoms with van der Waals surface area (Å²) in [4.78, 5) is 8.77. The zero-order valence-electron chi connectivity index (χ0n) is 12.2. The molecule has 1 unspecified atom stereocenters. The molecule has 2 aromatic rings. The van der Waals surface area contributed by atoms with E-state index in [9.17, 15) is 0 Å². The summed E-state index contributed by atoms with van der Waals surface area (Å²) in [5, 5.41) is 0. The number of aromatic nitrogens is 2. The third-order valence-electron chi connectivity index (χ3n) is 3.94. The number of fused-ring (bicyclic) bond motifs is 1. The van der Waals surface area contributed by atoms with Gasteiger partial charge in [-0.15, -0.1) is 0 Å². The molecular formula is C15H23N5. The highest BCUT2D eigenvalue weighted by Gasteiger charge is 2.30. The zero-order chi connectivity index (χ0) is 14.8. The number of anilines is 2. The molecule has 0 aromatic carbocycles. The molecule has 0 aliphatic rings. The van der Waals surface area contributed by atoms with Crippen LogP contribution < -0.4 is 17.2 Å². The Morgan fingerprint density at radius 3 is 2.70 bits per heavy atom. The summed E-state index contributed by atoms with van der Waals surface area (Å²) in [5.74, 6) is 0.465. The van der Waals surface area contributed by atoms with Gasteiger partial charge in [0, 0.05) is 23.7 Å². The second-order valence-electron chi connectivity index (χ2n) is 5.53. The van der Waals surface area contributed by atoms with E-state index in [1.165, 1.54) is 0 Å². The molecule has 0 amide bonds. The van der Waals surface area contributed by atoms with Crippen molar-refractivity contribution >= 4 is 22.5 Å². The molecule has 2 aromatic heterocycles. The molecule has 5 heteroatoms. The van der Waals surface area contributed by atoms with E-state index in [0.29, 0.717) is 23.6 Å². The van der Waals surface area contributed by atoms with Crippen molar-refractivity contribution in [2.24, 2.45) is 5.73 Å².